The lowest BCUT2D eigenvalue weighted by atomic mass is 9.76. The number of pyridine rings is 1. The van der Waals surface area contributed by atoms with Crippen molar-refractivity contribution in [3.05, 3.63) is 64.6 Å². The average molecular weight is 464 g/mol. The summed E-state index contributed by atoms with van der Waals surface area (Å²) in [6, 6.07) is 10.8. The van der Waals surface area contributed by atoms with Crippen molar-refractivity contribution in [2.24, 2.45) is 5.41 Å². The highest BCUT2D eigenvalue weighted by Crippen LogP contribution is 2.46. The molecule has 2 aliphatic carbocycles. The third-order valence-electron chi connectivity index (χ3n) is 7.20. The van der Waals surface area contributed by atoms with Gasteiger partial charge in [0.15, 0.2) is 5.82 Å². The van der Waals surface area contributed by atoms with Gasteiger partial charge in [0.1, 0.15) is 10.8 Å². The van der Waals surface area contributed by atoms with Gasteiger partial charge >= 0.3 is 0 Å². The van der Waals surface area contributed by atoms with E-state index in [2.05, 4.69) is 39.1 Å². The van der Waals surface area contributed by atoms with Crippen molar-refractivity contribution >= 4 is 35.0 Å². The first-order chi connectivity index (χ1) is 15.6. The topological polar surface area (TPSA) is 67.9 Å². The lowest BCUT2D eigenvalue weighted by molar-refractivity contribution is 0.232. The molecule has 1 saturated carbocycles. The fraction of sp³-hybridized carbons (Fsp3) is 0.400. The monoisotopic (exact) mass is 463 g/mol. The number of rotatable bonds is 4. The van der Waals surface area contributed by atoms with Gasteiger partial charge in [-0.25, -0.2) is 9.97 Å². The molecule has 164 valence electrons. The quantitative estimate of drug-likeness (QED) is 0.549. The molecule has 0 radical (unpaired) electrons. The zero-order valence-electron chi connectivity index (χ0n) is 17.9. The number of nitrogens with two attached hydrogens (primary N) is 1. The Labute approximate surface area is 197 Å². The molecule has 0 amide bonds. The highest BCUT2D eigenvalue weighted by molar-refractivity contribution is 7.99. The molecule has 7 heteroatoms. The van der Waals surface area contributed by atoms with Crippen LogP contribution in [0, 0.1) is 5.41 Å². The molecule has 0 bridgehead atoms. The minimum Gasteiger partial charge on any atom is -0.381 e. The van der Waals surface area contributed by atoms with Crippen molar-refractivity contribution < 1.29 is 0 Å². The second kappa shape index (κ2) is 7.92. The van der Waals surface area contributed by atoms with E-state index in [0.717, 1.165) is 34.5 Å². The van der Waals surface area contributed by atoms with Gasteiger partial charge in [0, 0.05) is 30.1 Å². The van der Waals surface area contributed by atoms with Crippen LogP contribution in [0.2, 0.25) is 5.02 Å². The van der Waals surface area contributed by atoms with E-state index in [0.29, 0.717) is 22.2 Å². The summed E-state index contributed by atoms with van der Waals surface area (Å²) in [5.41, 5.74) is 10.8. The first-order valence-corrected chi connectivity index (χ1v) is 12.6. The van der Waals surface area contributed by atoms with Gasteiger partial charge in [-0.05, 0) is 61.1 Å². The van der Waals surface area contributed by atoms with E-state index in [1.54, 1.807) is 0 Å². The summed E-state index contributed by atoms with van der Waals surface area (Å²) in [5.74, 6) is 1.84. The second-order valence-electron chi connectivity index (χ2n) is 9.41. The third kappa shape index (κ3) is 3.73. The number of nitrogen functional groups attached to an aromatic ring is 1. The summed E-state index contributed by atoms with van der Waals surface area (Å²) in [6.45, 7) is 1.99. The molecule has 1 aromatic carbocycles. The Kier molecular flexibility index (Phi) is 5.03. The van der Waals surface area contributed by atoms with Gasteiger partial charge in [-0.1, -0.05) is 47.6 Å². The molecule has 3 heterocycles. The Hall–Kier alpha value is -2.31. The number of aromatic nitrogens is 3. The molecular formula is C25H26ClN5S. The summed E-state index contributed by atoms with van der Waals surface area (Å²) >= 11 is 8.09. The van der Waals surface area contributed by atoms with E-state index in [1.165, 1.54) is 61.4 Å². The fourth-order valence-corrected chi connectivity index (χ4v) is 6.38. The summed E-state index contributed by atoms with van der Waals surface area (Å²) in [6.07, 6.45) is 10.8. The predicted octanol–water partition coefficient (Wildman–Crippen LogP) is 5.52. The molecular weight excluding hydrogens is 438 g/mol. The van der Waals surface area contributed by atoms with Crippen molar-refractivity contribution in [2.45, 2.75) is 54.4 Å². The van der Waals surface area contributed by atoms with Crippen LogP contribution >= 0.6 is 23.4 Å². The third-order valence-corrected chi connectivity index (χ3v) is 8.78. The number of anilines is 2. The van der Waals surface area contributed by atoms with Crippen molar-refractivity contribution in [3.63, 3.8) is 0 Å². The summed E-state index contributed by atoms with van der Waals surface area (Å²) < 4.78 is 0. The van der Waals surface area contributed by atoms with Gasteiger partial charge in [0.05, 0.1) is 16.9 Å². The largest absolute Gasteiger partial charge is 0.381 e. The lowest BCUT2D eigenvalue weighted by Gasteiger charge is -2.40. The molecule has 5 nitrogen and oxygen atoms in total. The molecule has 2 fully saturated rings. The van der Waals surface area contributed by atoms with Crippen molar-refractivity contribution in [1.29, 1.82) is 0 Å². The summed E-state index contributed by atoms with van der Waals surface area (Å²) in [4.78, 5) is 17.1. The molecule has 1 aliphatic heterocycles. The number of piperidine rings is 1. The Balaban J connectivity index is 1.14. The molecule has 2 aromatic heterocycles. The maximum Gasteiger partial charge on any atom is 0.158 e. The smallest absolute Gasteiger partial charge is 0.158 e. The highest BCUT2D eigenvalue weighted by atomic mass is 35.5. The van der Waals surface area contributed by atoms with Crippen LogP contribution in [0.5, 0.6) is 0 Å². The molecule has 6 rings (SSSR count). The first kappa shape index (κ1) is 20.3. The molecule has 3 aliphatic rings. The Bertz CT molecular complexity index is 1140. The molecule has 32 heavy (non-hydrogen) atoms. The number of halogens is 1. The number of hydrogen-bond donors (Lipinski definition) is 1. The minimum atomic E-state index is 0.409. The van der Waals surface area contributed by atoms with Gasteiger partial charge in [0.25, 0.3) is 0 Å². The Morgan fingerprint density at radius 2 is 1.75 bits per heavy atom. The maximum absolute atomic E-state index is 6.61. The summed E-state index contributed by atoms with van der Waals surface area (Å²) in [5, 5.41) is 1.42. The van der Waals surface area contributed by atoms with E-state index < -0.39 is 0 Å². The maximum atomic E-state index is 6.61. The van der Waals surface area contributed by atoms with Gasteiger partial charge < -0.3 is 10.6 Å². The van der Waals surface area contributed by atoms with Crippen molar-refractivity contribution in [2.75, 3.05) is 23.7 Å². The van der Waals surface area contributed by atoms with E-state index >= 15 is 0 Å². The standard InChI is InChI=1S/C25H26ClN5S/c26-21-19(7-10-28-22(21)16-5-6-16)32-24-23(27)30-20(15-29-24)31-11-8-25(9-12-31)13-17-3-1-2-4-18(17)14-25/h1-4,7,10,15-16H,5-6,8-9,11-14H2,(H2,27,30). The van der Waals surface area contributed by atoms with E-state index in [4.69, 9.17) is 22.3 Å². The zero-order valence-corrected chi connectivity index (χ0v) is 19.5. The lowest BCUT2D eigenvalue weighted by Crippen LogP contribution is -2.41. The SMILES string of the molecule is Nc1nc(N2CCC3(CC2)Cc2ccccc2C3)cnc1Sc1ccnc(C2CC2)c1Cl. The highest BCUT2D eigenvalue weighted by Gasteiger charge is 2.40. The van der Waals surface area contributed by atoms with Crippen molar-refractivity contribution in [1.82, 2.24) is 15.0 Å². The van der Waals surface area contributed by atoms with E-state index in [9.17, 15) is 0 Å². The van der Waals surface area contributed by atoms with Gasteiger partial charge in [0.2, 0.25) is 0 Å². The van der Waals surface area contributed by atoms with Crippen LogP contribution in [-0.2, 0) is 12.8 Å². The Morgan fingerprint density at radius 1 is 1.03 bits per heavy atom. The van der Waals surface area contributed by atoms with Gasteiger partial charge in [-0.3, -0.25) is 4.98 Å². The first-order valence-electron chi connectivity index (χ1n) is 11.4. The van der Waals surface area contributed by atoms with Crippen LogP contribution in [0.3, 0.4) is 0 Å². The van der Waals surface area contributed by atoms with Crippen LogP contribution in [0.4, 0.5) is 11.6 Å². The average Bonchev–Trinajstić information content (AvgIpc) is 3.58. The van der Waals surface area contributed by atoms with Crippen LogP contribution < -0.4 is 10.6 Å². The second-order valence-corrected chi connectivity index (χ2v) is 10.8. The number of fused-ring (bicyclic) bond motifs is 1. The van der Waals surface area contributed by atoms with E-state index in [1.807, 2.05) is 18.5 Å². The normalized spacial score (nSPS) is 19.3. The Morgan fingerprint density at radius 3 is 2.41 bits per heavy atom. The molecule has 0 unspecified atom stereocenters. The minimum absolute atomic E-state index is 0.409. The van der Waals surface area contributed by atoms with Crippen LogP contribution in [-0.4, -0.2) is 28.0 Å². The van der Waals surface area contributed by atoms with Crippen molar-refractivity contribution in [3.8, 4) is 0 Å². The number of nitrogens with zero attached hydrogens (tertiary/aromatic N) is 4. The summed E-state index contributed by atoms with van der Waals surface area (Å²) in [7, 11) is 0. The van der Waals surface area contributed by atoms with Gasteiger partial charge in [-0.15, -0.1) is 0 Å². The molecule has 3 aromatic rings. The van der Waals surface area contributed by atoms with E-state index in [-0.39, 0.29) is 0 Å². The fourth-order valence-electron chi connectivity index (χ4n) is 5.22. The zero-order chi connectivity index (χ0) is 21.7. The molecule has 1 saturated heterocycles. The number of benzene rings is 1. The number of hydrogen-bond acceptors (Lipinski definition) is 6. The molecule has 0 atom stereocenters. The van der Waals surface area contributed by atoms with Gasteiger partial charge in [-0.2, -0.15) is 0 Å². The predicted molar refractivity (Wildman–Crippen MR) is 130 cm³/mol. The van der Waals surface area contributed by atoms with Crippen LogP contribution in [0.25, 0.3) is 0 Å². The van der Waals surface area contributed by atoms with Crippen LogP contribution in [0.1, 0.15) is 48.4 Å². The molecule has 1 spiro atoms. The van der Waals surface area contributed by atoms with Crippen LogP contribution in [0.15, 0.2) is 52.6 Å². The molecule has 2 N–H and O–H groups in total.